The van der Waals surface area contributed by atoms with Gasteiger partial charge in [0.15, 0.2) is 0 Å². The number of pyridine rings is 1. The molecule has 1 heterocycles. The van der Waals surface area contributed by atoms with Crippen LogP contribution in [0.2, 0.25) is 0 Å². The van der Waals surface area contributed by atoms with Crippen molar-refractivity contribution in [2.75, 3.05) is 13.6 Å². The summed E-state index contributed by atoms with van der Waals surface area (Å²) in [5, 5.41) is 5.30. The summed E-state index contributed by atoms with van der Waals surface area (Å²) in [4.78, 5) is 4.09. The minimum absolute atomic E-state index is 0.710. The second-order valence-corrected chi connectivity index (χ2v) is 3.23. The van der Waals surface area contributed by atoms with Crippen molar-refractivity contribution in [3.63, 3.8) is 0 Å². The van der Waals surface area contributed by atoms with Crippen LogP contribution in [0.3, 0.4) is 0 Å². The number of fused-ring (bicyclic) bond motifs is 1. The Labute approximate surface area is 89.3 Å². The summed E-state index contributed by atoms with van der Waals surface area (Å²) in [7, 11) is 1.89. The lowest BCUT2D eigenvalue weighted by molar-refractivity contribution is 0.938. The molecule has 2 rings (SSSR count). The Kier molecular flexibility index (Phi) is 2.96. The Bertz CT molecular complexity index is 515. The lowest BCUT2D eigenvalue weighted by Gasteiger charge is -1.98. The fraction of sp³-hybridized carbons (Fsp3) is 0.154. The van der Waals surface area contributed by atoms with E-state index in [-0.39, 0.29) is 0 Å². The molecule has 0 spiro atoms. The second kappa shape index (κ2) is 4.59. The van der Waals surface area contributed by atoms with Gasteiger partial charge in [-0.2, -0.15) is 0 Å². The van der Waals surface area contributed by atoms with Crippen LogP contribution in [-0.2, 0) is 0 Å². The zero-order valence-electron chi connectivity index (χ0n) is 8.62. The SMILES string of the molecule is CNCC#Cc1cccc2cnccc12. The maximum atomic E-state index is 4.09. The molecule has 0 aliphatic rings. The normalized spacial score (nSPS) is 9.67. The summed E-state index contributed by atoms with van der Waals surface area (Å²) in [6, 6.07) is 8.09. The molecule has 0 amide bonds. The molecule has 15 heavy (non-hydrogen) atoms. The van der Waals surface area contributed by atoms with E-state index >= 15 is 0 Å². The van der Waals surface area contributed by atoms with Crippen molar-refractivity contribution in [1.29, 1.82) is 0 Å². The topological polar surface area (TPSA) is 24.9 Å². The van der Waals surface area contributed by atoms with E-state index in [1.54, 1.807) is 6.20 Å². The van der Waals surface area contributed by atoms with E-state index < -0.39 is 0 Å². The van der Waals surface area contributed by atoms with Crippen molar-refractivity contribution >= 4 is 10.8 Å². The van der Waals surface area contributed by atoms with Crippen LogP contribution in [0.15, 0.2) is 36.7 Å². The third-order valence-corrected chi connectivity index (χ3v) is 2.17. The smallest absolute Gasteiger partial charge is 0.0577 e. The van der Waals surface area contributed by atoms with Gasteiger partial charge in [-0.25, -0.2) is 0 Å². The molecule has 0 fully saturated rings. The first kappa shape index (κ1) is 9.70. The average Bonchev–Trinajstić information content (AvgIpc) is 2.30. The Hall–Kier alpha value is -1.85. The zero-order valence-corrected chi connectivity index (χ0v) is 8.62. The van der Waals surface area contributed by atoms with Crippen LogP contribution < -0.4 is 5.32 Å². The molecule has 0 radical (unpaired) electrons. The van der Waals surface area contributed by atoms with Gasteiger partial charge in [0.2, 0.25) is 0 Å². The standard InChI is InChI=1S/C13H12N2/c1-14-8-3-6-11-4-2-5-12-10-15-9-7-13(11)12/h2,4-5,7,9-10,14H,8H2,1H3. The molecule has 2 aromatic rings. The molecule has 74 valence electrons. The van der Waals surface area contributed by atoms with E-state index in [0.717, 1.165) is 16.3 Å². The van der Waals surface area contributed by atoms with Gasteiger partial charge in [-0.3, -0.25) is 4.98 Å². The Balaban J connectivity index is 2.48. The summed E-state index contributed by atoms with van der Waals surface area (Å²) in [5.74, 6) is 6.21. The van der Waals surface area contributed by atoms with E-state index in [1.165, 1.54) is 0 Å². The molecule has 0 aliphatic carbocycles. The molecule has 0 aliphatic heterocycles. The van der Waals surface area contributed by atoms with Gasteiger partial charge >= 0.3 is 0 Å². The zero-order chi connectivity index (χ0) is 10.5. The fourth-order valence-corrected chi connectivity index (χ4v) is 1.46. The molecule has 2 heteroatoms. The van der Waals surface area contributed by atoms with Crippen molar-refractivity contribution < 1.29 is 0 Å². The first-order valence-corrected chi connectivity index (χ1v) is 4.88. The monoisotopic (exact) mass is 196 g/mol. The third-order valence-electron chi connectivity index (χ3n) is 2.17. The Morgan fingerprint density at radius 3 is 3.13 bits per heavy atom. The minimum Gasteiger partial charge on any atom is -0.309 e. The van der Waals surface area contributed by atoms with Crippen molar-refractivity contribution in [2.45, 2.75) is 0 Å². The molecule has 0 saturated heterocycles. The van der Waals surface area contributed by atoms with Crippen LogP contribution in [0.25, 0.3) is 10.8 Å². The highest BCUT2D eigenvalue weighted by molar-refractivity contribution is 5.87. The predicted octanol–water partition coefficient (Wildman–Crippen LogP) is 1.81. The number of nitrogens with zero attached hydrogens (tertiary/aromatic N) is 1. The molecule has 0 bridgehead atoms. The van der Waals surface area contributed by atoms with Crippen LogP contribution >= 0.6 is 0 Å². The van der Waals surface area contributed by atoms with E-state index in [2.05, 4.69) is 22.1 Å². The lowest BCUT2D eigenvalue weighted by atomic mass is 10.1. The summed E-state index contributed by atoms with van der Waals surface area (Å²) in [6.45, 7) is 0.710. The van der Waals surface area contributed by atoms with Crippen molar-refractivity contribution in [3.8, 4) is 11.8 Å². The molecular formula is C13H12N2. The van der Waals surface area contributed by atoms with E-state index in [0.29, 0.717) is 6.54 Å². The quantitative estimate of drug-likeness (QED) is 0.703. The maximum absolute atomic E-state index is 4.09. The van der Waals surface area contributed by atoms with E-state index in [4.69, 9.17) is 0 Å². The van der Waals surface area contributed by atoms with Crippen molar-refractivity contribution in [1.82, 2.24) is 10.3 Å². The number of hydrogen-bond acceptors (Lipinski definition) is 2. The van der Waals surface area contributed by atoms with Gasteiger partial charge in [0, 0.05) is 28.7 Å². The number of benzene rings is 1. The van der Waals surface area contributed by atoms with Gasteiger partial charge in [-0.05, 0) is 19.2 Å². The van der Waals surface area contributed by atoms with Crippen LogP contribution in [0, 0.1) is 11.8 Å². The molecular weight excluding hydrogens is 184 g/mol. The summed E-state index contributed by atoms with van der Waals surface area (Å²) in [5.41, 5.74) is 1.06. The third kappa shape index (κ3) is 2.15. The highest BCUT2D eigenvalue weighted by atomic mass is 14.8. The second-order valence-electron chi connectivity index (χ2n) is 3.23. The van der Waals surface area contributed by atoms with Gasteiger partial charge in [-0.1, -0.05) is 24.0 Å². The van der Waals surface area contributed by atoms with Crippen LogP contribution in [0.5, 0.6) is 0 Å². The van der Waals surface area contributed by atoms with Gasteiger partial charge in [0.05, 0.1) is 6.54 Å². The lowest BCUT2D eigenvalue weighted by Crippen LogP contribution is -2.04. The minimum atomic E-state index is 0.710. The Morgan fingerprint density at radius 2 is 2.27 bits per heavy atom. The first-order valence-electron chi connectivity index (χ1n) is 4.88. The molecule has 0 unspecified atom stereocenters. The van der Waals surface area contributed by atoms with Gasteiger partial charge in [-0.15, -0.1) is 0 Å². The number of nitrogens with one attached hydrogen (secondary N) is 1. The van der Waals surface area contributed by atoms with E-state index in [9.17, 15) is 0 Å². The fourth-order valence-electron chi connectivity index (χ4n) is 1.46. The number of aromatic nitrogens is 1. The first-order chi connectivity index (χ1) is 7.42. The molecule has 1 aromatic heterocycles. The van der Waals surface area contributed by atoms with Gasteiger partial charge < -0.3 is 5.32 Å². The highest BCUT2D eigenvalue weighted by Gasteiger charge is 1.96. The van der Waals surface area contributed by atoms with E-state index in [1.807, 2.05) is 37.5 Å². The molecule has 1 N–H and O–H groups in total. The van der Waals surface area contributed by atoms with Gasteiger partial charge in [0.25, 0.3) is 0 Å². The van der Waals surface area contributed by atoms with Crippen molar-refractivity contribution in [2.24, 2.45) is 0 Å². The Morgan fingerprint density at radius 1 is 1.33 bits per heavy atom. The maximum Gasteiger partial charge on any atom is 0.0577 e. The molecule has 0 atom stereocenters. The molecule has 1 aromatic carbocycles. The molecule has 2 nitrogen and oxygen atoms in total. The number of rotatable bonds is 1. The van der Waals surface area contributed by atoms with Crippen LogP contribution in [0.1, 0.15) is 5.56 Å². The summed E-state index contributed by atoms with van der Waals surface area (Å²) in [6.07, 6.45) is 3.66. The van der Waals surface area contributed by atoms with Crippen LogP contribution in [0.4, 0.5) is 0 Å². The summed E-state index contributed by atoms with van der Waals surface area (Å²) >= 11 is 0. The predicted molar refractivity (Wildman–Crippen MR) is 62.5 cm³/mol. The highest BCUT2D eigenvalue weighted by Crippen LogP contribution is 2.15. The average molecular weight is 196 g/mol. The van der Waals surface area contributed by atoms with Crippen molar-refractivity contribution in [3.05, 3.63) is 42.2 Å². The largest absolute Gasteiger partial charge is 0.309 e. The summed E-state index contributed by atoms with van der Waals surface area (Å²) < 4.78 is 0. The number of hydrogen-bond donors (Lipinski definition) is 1. The van der Waals surface area contributed by atoms with Gasteiger partial charge in [0.1, 0.15) is 0 Å². The van der Waals surface area contributed by atoms with Crippen LogP contribution in [-0.4, -0.2) is 18.6 Å². The molecule has 0 saturated carbocycles.